The lowest BCUT2D eigenvalue weighted by Crippen LogP contribution is -2.43. The van der Waals surface area contributed by atoms with Crippen molar-refractivity contribution >= 4 is 5.91 Å². The fraction of sp³-hybridized carbons (Fsp3) is 0.286. The molecule has 100 valence electrons. The van der Waals surface area contributed by atoms with Gasteiger partial charge in [-0.05, 0) is 36.9 Å². The maximum absolute atomic E-state index is 11.8. The van der Waals surface area contributed by atoms with Crippen molar-refractivity contribution in [3.63, 3.8) is 0 Å². The first kappa shape index (κ1) is 13.3. The van der Waals surface area contributed by atoms with E-state index in [1.807, 2.05) is 24.4 Å². The fourth-order valence-corrected chi connectivity index (χ4v) is 2.35. The number of rotatable bonds is 4. The molecule has 2 atom stereocenters. The molecule has 4 N–H and O–H groups in total. The Morgan fingerprint density at radius 3 is 3.05 bits per heavy atom. The van der Waals surface area contributed by atoms with Crippen LogP contribution >= 0.6 is 0 Å². The highest BCUT2D eigenvalue weighted by Gasteiger charge is 2.29. The molecule has 1 aliphatic rings. The Balaban J connectivity index is 2.30. The Labute approximate surface area is 112 Å². The Morgan fingerprint density at radius 2 is 2.42 bits per heavy atom. The number of hydrogen-bond donors (Lipinski definition) is 3. The molecule has 2 heterocycles. The lowest BCUT2D eigenvalue weighted by molar-refractivity contribution is -0.117. The third kappa shape index (κ3) is 2.82. The molecule has 0 aromatic carbocycles. The number of aromatic nitrogens is 1. The number of pyridine rings is 1. The molecule has 2 unspecified atom stereocenters. The maximum Gasteiger partial charge on any atom is 0.263 e. The van der Waals surface area contributed by atoms with E-state index in [4.69, 9.17) is 5.84 Å². The van der Waals surface area contributed by atoms with Crippen LogP contribution in [0.4, 0.5) is 0 Å². The normalized spacial score (nSPS) is 19.3. The summed E-state index contributed by atoms with van der Waals surface area (Å²) in [6.45, 7) is 2.08. The number of hydrogen-bond acceptors (Lipinski definition) is 4. The second-order valence-corrected chi connectivity index (χ2v) is 4.37. The van der Waals surface area contributed by atoms with Gasteiger partial charge in [0.15, 0.2) is 0 Å². The molecule has 0 radical (unpaired) electrons. The first-order valence-electron chi connectivity index (χ1n) is 6.32. The lowest BCUT2D eigenvalue weighted by atomic mass is 9.86. The summed E-state index contributed by atoms with van der Waals surface area (Å²) in [5, 5.41) is 3.23. The second-order valence-electron chi connectivity index (χ2n) is 4.37. The van der Waals surface area contributed by atoms with E-state index in [-0.39, 0.29) is 17.9 Å². The smallest absolute Gasteiger partial charge is 0.263 e. The van der Waals surface area contributed by atoms with Crippen molar-refractivity contribution in [1.29, 1.82) is 0 Å². The van der Waals surface area contributed by atoms with Gasteiger partial charge in [-0.25, -0.2) is 5.84 Å². The standard InChI is InChI=1S/C14H18N4O/c1-2-10(12-7-3-4-8-16-12)13-11(14(19)18-15)6-5-9-17-13/h3-10,13,17H,2,15H2,1H3,(H,18,19). The van der Waals surface area contributed by atoms with E-state index in [1.165, 1.54) is 0 Å². The summed E-state index contributed by atoms with van der Waals surface area (Å²) in [4.78, 5) is 16.2. The van der Waals surface area contributed by atoms with Crippen LogP contribution in [0.15, 0.2) is 48.3 Å². The SMILES string of the molecule is CCC(c1ccccn1)C1NC=CC=C1C(=O)NN. The monoisotopic (exact) mass is 258 g/mol. The number of carbonyl (C=O) groups is 1. The predicted octanol–water partition coefficient (Wildman–Crippen LogP) is 0.977. The number of nitrogens with two attached hydrogens (primary N) is 1. The predicted molar refractivity (Wildman–Crippen MR) is 73.7 cm³/mol. The Bertz CT molecular complexity index is 495. The summed E-state index contributed by atoms with van der Waals surface area (Å²) in [6, 6.07) is 5.70. The lowest BCUT2D eigenvalue weighted by Gasteiger charge is -2.29. The van der Waals surface area contributed by atoms with E-state index in [1.54, 1.807) is 18.3 Å². The summed E-state index contributed by atoms with van der Waals surface area (Å²) in [6.07, 6.45) is 8.06. The largest absolute Gasteiger partial charge is 0.383 e. The van der Waals surface area contributed by atoms with Crippen LogP contribution in [0.25, 0.3) is 0 Å². The molecule has 5 nitrogen and oxygen atoms in total. The summed E-state index contributed by atoms with van der Waals surface area (Å²) in [7, 11) is 0. The number of hydrazine groups is 1. The molecule has 2 rings (SSSR count). The highest BCUT2D eigenvalue weighted by atomic mass is 16.2. The van der Waals surface area contributed by atoms with E-state index >= 15 is 0 Å². The molecular formula is C14H18N4O. The van der Waals surface area contributed by atoms with Gasteiger partial charge >= 0.3 is 0 Å². The Morgan fingerprint density at radius 1 is 1.58 bits per heavy atom. The zero-order chi connectivity index (χ0) is 13.7. The molecule has 0 saturated carbocycles. The minimum absolute atomic E-state index is 0.117. The van der Waals surface area contributed by atoms with Crippen molar-refractivity contribution < 1.29 is 4.79 Å². The van der Waals surface area contributed by atoms with E-state index in [0.717, 1.165) is 12.1 Å². The van der Waals surface area contributed by atoms with E-state index in [9.17, 15) is 4.79 Å². The van der Waals surface area contributed by atoms with Crippen molar-refractivity contribution in [2.45, 2.75) is 25.3 Å². The zero-order valence-corrected chi connectivity index (χ0v) is 10.8. The quantitative estimate of drug-likeness (QED) is 0.427. The molecule has 1 aromatic rings. The molecule has 5 heteroatoms. The van der Waals surface area contributed by atoms with Crippen molar-refractivity contribution in [2.24, 2.45) is 5.84 Å². The number of nitrogens with one attached hydrogen (secondary N) is 2. The maximum atomic E-state index is 11.8. The van der Waals surface area contributed by atoms with Crippen molar-refractivity contribution in [3.8, 4) is 0 Å². The third-order valence-electron chi connectivity index (χ3n) is 3.29. The van der Waals surface area contributed by atoms with Gasteiger partial charge in [0.1, 0.15) is 0 Å². The molecule has 1 aromatic heterocycles. The molecule has 0 saturated heterocycles. The fourth-order valence-electron chi connectivity index (χ4n) is 2.35. The van der Waals surface area contributed by atoms with Gasteiger partial charge in [0, 0.05) is 23.4 Å². The second kappa shape index (κ2) is 6.15. The molecule has 1 amide bonds. The number of allylic oxidation sites excluding steroid dienone is 2. The average Bonchev–Trinajstić information content (AvgIpc) is 2.49. The van der Waals surface area contributed by atoms with Crippen LogP contribution in [0.5, 0.6) is 0 Å². The summed E-state index contributed by atoms with van der Waals surface area (Å²) < 4.78 is 0. The number of nitrogens with zero attached hydrogens (tertiary/aromatic N) is 1. The van der Waals surface area contributed by atoms with E-state index in [2.05, 4.69) is 22.7 Å². The summed E-state index contributed by atoms with van der Waals surface area (Å²) >= 11 is 0. The van der Waals surface area contributed by atoms with Crippen LogP contribution in [0, 0.1) is 0 Å². The molecule has 0 bridgehead atoms. The van der Waals surface area contributed by atoms with Gasteiger partial charge in [-0.3, -0.25) is 15.2 Å². The van der Waals surface area contributed by atoms with Crippen LogP contribution in [-0.4, -0.2) is 16.9 Å². The van der Waals surface area contributed by atoms with E-state index < -0.39 is 0 Å². The van der Waals surface area contributed by atoms with Crippen LogP contribution in [0.3, 0.4) is 0 Å². The molecule has 0 aliphatic carbocycles. The number of carbonyl (C=O) groups excluding carboxylic acids is 1. The van der Waals surface area contributed by atoms with Crippen molar-refractivity contribution in [2.75, 3.05) is 0 Å². The average molecular weight is 258 g/mol. The van der Waals surface area contributed by atoms with Crippen LogP contribution in [-0.2, 0) is 4.79 Å². The van der Waals surface area contributed by atoms with Gasteiger partial charge in [0.2, 0.25) is 0 Å². The molecule has 0 spiro atoms. The van der Waals surface area contributed by atoms with Gasteiger partial charge in [-0.15, -0.1) is 0 Å². The molecular weight excluding hydrogens is 240 g/mol. The van der Waals surface area contributed by atoms with Gasteiger partial charge in [0.25, 0.3) is 5.91 Å². The molecule has 1 aliphatic heterocycles. The molecule has 19 heavy (non-hydrogen) atoms. The third-order valence-corrected chi connectivity index (χ3v) is 3.29. The van der Waals surface area contributed by atoms with Gasteiger partial charge in [-0.2, -0.15) is 0 Å². The van der Waals surface area contributed by atoms with Gasteiger partial charge < -0.3 is 5.32 Å². The van der Waals surface area contributed by atoms with Crippen molar-refractivity contribution in [1.82, 2.24) is 15.7 Å². The summed E-state index contributed by atoms with van der Waals surface area (Å²) in [5.74, 6) is 5.09. The van der Waals surface area contributed by atoms with Crippen LogP contribution in [0.2, 0.25) is 0 Å². The van der Waals surface area contributed by atoms with Gasteiger partial charge in [-0.1, -0.05) is 13.0 Å². The highest BCUT2D eigenvalue weighted by molar-refractivity contribution is 5.95. The minimum atomic E-state index is -0.267. The minimum Gasteiger partial charge on any atom is -0.383 e. The first-order valence-corrected chi connectivity index (χ1v) is 6.32. The highest BCUT2D eigenvalue weighted by Crippen LogP contribution is 2.27. The van der Waals surface area contributed by atoms with Gasteiger partial charge in [0.05, 0.1) is 6.04 Å². The Hall–Kier alpha value is -2.14. The molecule has 0 fully saturated rings. The first-order chi connectivity index (χ1) is 9.27. The number of dihydropyridines is 1. The summed E-state index contributed by atoms with van der Waals surface area (Å²) in [5.41, 5.74) is 3.79. The van der Waals surface area contributed by atoms with E-state index in [0.29, 0.717) is 5.57 Å². The van der Waals surface area contributed by atoms with Crippen LogP contribution in [0.1, 0.15) is 25.0 Å². The number of amides is 1. The zero-order valence-electron chi connectivity index (χ0n) is 10.8. The van der Waals surface area contributed by atoms with Crippen LogP contribution < -0.4 is 16.6 Å². The Kier molecular flexibility index (Phi) is 4.30. The topological polar surface area (TPSA) is 80.0 Å². The van der Waals surface area contributed by atoms with Crippen molar-refractivity contribution in [3.05, 3.63) is 54.0 Å².